The highest BCUT2D eigenvalue weighted by Crippen LogP contribution is 2.36. The van der Waals surface area contributed by atoms with Crippen LogP contribution in [0, 0.1) is 5.41 Å². The number of phenolic OH excluding ortho intramolecular Hbond substituents is 1. The van der Waals surface area contributed by atoms with Gasteiger partial charge >= 0.3 is 5.97 Å². The topological polar surface area (TPSA) is 84.9 Å². The number of carbonyl (C=O) groups excluding carboxylic acids is 2. The van der Waals surface area contributed by atoms with Gasteiger partial charge in [-0.05, 0) is 53.1 Å². The summed E-state index contributed by atoms with van der Waals surface area (Å²) in [5, 5.41) is 12.5. The minimum atomic E-state index is -0.548. The molecule has 0 atom stereocenters. The van der Waals surface area contributed by atoms with Gasteiger partial charge in [0.25, 0.3) is 0 Å². The van der Waals surface area contributed by atoms with Gasteiger partial charge in [0.05, 0.1) is 31.4 Å². The summed E-state index contributed by atoms with van der Waals surface area (Å²) >= 11 is 0. The number of carbonyl (C=O) groups is 2. The van der Waals surface area contributed by atoms with Gasteiger partial charge in [0.2, 0.25) is 5.91 Å². The highest BCUT2D eigenvalue weighted by atomic mass is 16.5. The summed E-state index contributed by atoms with van der Waals surface area (Å²) < 4.78 is 10.3. The molecule has 0 aliphatic carbocycles. The van der Waals surface area contributed by atoms with E-state index in [2.05, 4.69) is 56.8 Å². The number of esters is 1. The monoisotopic (exact) mass is 427 g/mol. The van der Waals surface area contributed by atoms with Crippen LogP contribution in [0.3, 0.4) is 0 Å². The zero-order chi connectivity index (χ0) is 23.2. The van der Waals surface area contributed by atoms with E-state index in [0.717, 1.165) is 6.42 Å². The molecule has 31 heavy (non-hydrogen) atoms. The van der Waals surface area contributed by atoms with E-state index < -0.39 is 5.97 Å². The number of aromatic hydroxyl groups is 1. The molecule has 0 aromatic heterocycles. The van der Waals surface area contributed by atoms with Crippen LogP contribution in [0.25, 0.3) is 0 Å². The van der Waals surface area contributed by atoms with E-state index in [4.69, 9.17) is 4.74 Å². The lowest BCUT2D eigenvalue weighted by Gasteiger charge is -2.33. The second-order valence-electron chi connectivity index (χ2n) is 9.52. The van der Waals surface area contributed by atoms with Crippen LogP contribution in [-0.4, -0.2) is 30.7 Å². The number of phenols is 1. The zero-order valence-electron chi connectivity index (χ0n) is 19.2. The van der Waals surface area contributed by atoms with Crippen LogP contribution in [-0.2, 0) is 14.9 Å². The number of methoxy groups -OCH3 is 1. The molecule has 2 aromatic rings. The number of hydrogen-bond acceptors (Lipinski definition) is 5. The number of nitrogens with one attached hydrogen (secondary N) is 1. The van der Waals surface area contributed by atoms with Crippen LogP contribution in [0.15, 0.2) is 42.5 Å². The zero-order valence-corrected chi connectivity index (χ0v) is 19.2. The van der Waals surface area contributed by atoms with Crippen LogP contribution in [0.4, 0.5) is 5.69 Å². The third-order valence-electron chi connectivity index (χ3n) is 4.90. The summed E-state index contributed by atoms with van der Waals surface area (Å²) in [4.78, 5) is 23.8. The Morgan fingerprint density at radius 3 is 2.23 bits per heavy atom. The van der Waals surface area contributed by atoms with E-state index in [-0.39, 0.29) is 46.8 Å². The maximum Gasteiger partial charge on any atom is 0.337 e. The lowest BCUT2D eigenvalue weighted by atomic mass is 9.72. The van der Waals surface area contributed by atoms with Crippen molar-refractivity contribution in [3.8, 4) is 11.5 Å². The van der Waals surface area contributed by atoms with Crippen molar-refractivity contribution in [2.45, 2.75) is 52.9 Å². The first-order valence-corrected chi connectivity index (χ1v) is 10.4. The molecule has 0 saturated carbocycles. The Hall–Kier alpha value is -3.02. The molecule has 0 radical (unpaired) electrons. The van der Waals surface area contributed by atoms with E-state index in [1.165, 1.54) is 30.9 Å². The van der Waals surface area contributed by atoms with Gasteiger partial charge in [-0.15, -0.1) is 0 Å². The second-order valence-corrected chi connectivity index (χ2v) is 9.52. The van der Waals surface area contributed by atoms with Gasteiger partial charge in [0.15, 0.2) is 0 Å². The van der Waals surface area contributed by atoms with Gasteiger partial charge < -0.3 is 19.9 Å². The molecule has 0 aliphatic rings. The molecule has 168 valence electrons. The number of benzene rings is 2. The molecule has 1 amide bonds. The highest BCUT2D eigenvalue weighted by molar-refractivity contribution is 5.96. The Morgan fingerprint density at radius 2 is 1.65 bits per heavy atom. The smallest absolute Gasteiger partial charge is 0.337 e. The van der Waals surface area contributed by atoms with E-state index in [0.29, 0.717) is 5.75 Å². The molecule has 2 rings (SSSR count). The standard InChI is InChI=1S/C25H33NO5/c1-24(2,3)16-25(4,5)18-8-10-19(11-9-18)31-14-13-22(28)26-20-15-17(23(29)30-6)7-12-21(20)27/h7-12,15,27H,13-14,16H2,1-6H3,(H,26,28). The van der Waals surface area contributed by atoms with Gasteiger partial charge in [0.1, 0.15) is 11.5 Å². The lowest BCUT2D eigenvalue weighted by molar-refractivity contribution is -0.116. The largest absolute Gasteiger partial charge is 0.506 e. The molecular weight excluding hydrogens is 394 g/mol. The summed E-state index contributed by atoms with van der Waals surface area (Å²) in [6.45, 7) is 11.4. The van der Waals surface area contributed by atoms with Gasteiger partial charge in [-0.1, -0.05) is 46.8 Å². The molecule has 2 aromatic carbocycles. The van der Waals surface area contributed by atoms with Crippen molar-refractivity contribution in [1.82, 2.24) is 0 Å². The van der Waals surface area contributed by atoms with E-state index in [9.17, 15) is 14.7 Å². The SMILES string of the molecule is COC(=O)c1ccc(O)c(NC(=O)CCOc2ccc(C(C)(C)CC(C)(C)C)cc2)c1. The van der Waals surface area contributed by atoms with Crippen LogP contribution >= 0.6 is 0 Å². The first-order chi connectivity index (χ1) is 14.4. The average Bonchev–Trinajstić information content (AvgIpc) is 2.67. The first-order valence-electron chi connectivity index (χ1n) is 10.4. The molecule has 0 aliphatic heterocycles. The minimum Gasteiger partial charge on any atom is -0.506 e. The number of hydrogen-bond donors (Lipinski definition) is 2. The summed E-state index contributed by atoms with van der Waals surface area (Å²) in [7, 11) is 1.27. The predicted octanol–water partition coefficient (Wildman–Crippen LogP) is 5.30. The van der Waals surface area contributed by atoms with Crippen molar-refractivity contribution in [1.29, 1.82) is 0 Å². The Balaban J connectivity index is 1.90. The summed E-state index contributed by atoms with van der Waals surface area (Å²) in [5.74, 6) is -0.317. The quantitative estimate of drug-likeness (QED) is 0.441. The predicted molar refractivity (Wildman–Crippen MR) is 122 cm³/mol. The fourth-order valence-corrected chi connectivity index (χ4v) is 3.79. The summed E-state index contributed by atoms with van der Waals surface area (Å²) in [6.07, 6.45) is 1.16. The van der Waals surface area contributed by atoms with Gasteiger partial charge in [0, 0.05) is 0 Å². The average molecular weight is 428 g/mol. The van der Waals surface area contributed by atoms with Crippen molar-refractivity contribution in [2.75, 3.05) is 19.0 Å². The second kappa shape index (κ2) is 9.86. The maximum atomic E-state index is 12.2. The first kappa shape index (κ1) is 24.3. The van der Waals surface area contributed by atoms with Gasteiger partial charge in [-0.3, -0.25) is 4.79 Å². The molecule has 0 heterocycles. The van der Waals surface area contributed by atoms with Crippen LogP contribution in [0.2, 0.25) is 0 Å². The molecule has 0 unspecified atom stereocenters. The summed E-state index contributed by atoms with van der Waals surface area (Å²) in [5.41, 5.74) is 1.92. The molecular formula is C25H33NO5. The van der Waals surface area contributed by atoms with Crippen LogP contribution < -0.4 is 10.1 Å². The number of rotatable bonds is 8. The van der Waals surface area contributed by atoms with Crippen molar-refractivity contribution in [3.05, 3.63) is 53.6 Å². The molecule has 0 saturated heterocycles. The number of amides is 1. The third kappa shape index (κ3) is 7.31. The van der Waals surface area contributed by atoms with Crippen LogP contribution in [0.5, 0.6) is 11.5 Å². The Labute approximate surface area is 184 Å². The van der Waals surface area contributed by atoms with E-state index in [1.54, 1.807) is 0 Å². The molecule has 6 heteroatoms. The maximum absolute atomic E-state index is 12.2. The summed E-state index contributed by atoms with van der Waals surface area (Å²) in [6, 6.07) is 12.1. The lowest BCUT2D eigenvalue weighted by Crippen LogP contribution is -2.24. The van der Waals surface area contributed by atoms with Crippen molar-refractivity contribution < 1.29 is 24.2 Å². The fourth-order valence-electron chi connectivity index (χ4n) is 3.79. The molecule has 0 spiro atoms. The Morgan fingerprint density at radius 1 is 1.00 bits per heavy atom. The van der Waals surface area contributed by atoms with Crippen molar-refractivity contribution in [2.24, 2.45) is 5.41 Å². The van der Waals surface area contributed by atoms with Crippen molar-refractivity contribution in [3.63, 3.8) is 0 Å². The van der Waals surface area contributed by atoms with Crippen molar-refractivity contribution >= 4 is 17.6 Å². The minimum absolute atomic E-state index is 0.0530. The Kier molecular flexibility index (Phi) is 7.71. The van der Waals surface area contributed by atoms with Crippen LogP contribution in [0.1, 0.15) is 63.4 Å². The number of ether oxygens (including phenoxy) is 2. The van der Waals surface area contributed by atoms with Gasteiger partial charge in [-0.2, -0.15) is 0 Å². The highest BCUT2D eigenvalue weighted by Gasteiger charge is 2.27. The molecule has 2 N–H and O–H groups in total. The van der Waals surface area contributed by atoms with E-state index >= 15 is 0 Å². The third-order valence-corrected chi connectivity index (χ3v) is 4.90. The van der Waals surface area contributed by atoms with Gasteiger partial charge in [-0.25, -0.2) is 4.79 Å². The number of anilines is 1. The Bertz CT molecular complexity index is 910. The normalized spacial score (nSPS) is 11.7. The van der Waals surface area contributed by atoms with E-state index in [1.807, 2.05) is 12.1 Å². The molecule has 0 fully saturated rings. The molecule has 6 nitrogen and oxygen atoms in total. The molecule has 0 bridgehead atoms. The fraction of sp³-hybridized carbons (Fsp3) is 0.440.